The molecule has 3 rings (SSSR count). The third kappa shape index (κ3) is 4.86. The molecular weight excluding hydrogens is 358 g/mol. The van der Waals surface area contributed by atoms with Gasteiger partial charge in [0.15, 0.2) is 0 Å². The number of amides is 2. The first-order chi connectivity index (χ1) is 13.0. The second-order valence-corrected chi connectivity index (χ2v) is 7.38. The van der Waals surface area contributed by atoms with Gasteiger partial charge in [-0.3, -0.25) is 9.59 Å². The Morgan fingerprint density at radius 3 is 2.48 bits per heavy atom. The molecule has 2 N–H and O–H groups in total. The Morgan fingerprint density at radius 2 is 1.85 bits per heavy atom. The lowest BCUT2D eigenvalue weighted by Gasteiger charge is -2.18. The van der Waals surface area contributed by atoms with Gasteiger partial charge in [0.05, 0.1) is 11.4 Å². The lowest BCUT2D eigenvalue weighted by Crippen LogP contribution is -2.47. The molecule has 140 valence electrons. The van der Waals surface area contributed by atoms with Crippen molar-refractivity contribution in [2.75, 3.05) is 0 Å². The Balaban J connectivity index is 1.70. The fourth-order valence-corrected chi connectivity index (χ4v) is 3.47. The molecule has 0 radical (unpaired) electrons. The molecule has 0 saturated heterocycles. The number of nitrogens with one attached hydrogen (secondary N) is 2. The molecule has 2 amide bonds. The van der Waals surface area contributed by atoms with Crippen LogP contribution in [0.15, 0.2) is 60.0 Å². The molecule has 0 saturated carbocycles. The molecule has 0 aliphatic heterocycles. The highest BCUT2D eigenvalue weighted by Crippen LogP contribution is 2.11. The van der Waals surface area contributed by atoms with Crippen LogP contribution in [0.3, 0.4) is 0 Å². The van der Waals surface area contributed by atoms with Gasteiger partial charge < -0.3 is 15.2 Å². The average Bonchev–Trinajstić information content (AvgIpc) is 3.32. The number of carbonyl (C=O) groups is 2. The van der Waals surface area contributed by atoms with Crippen molar-refractivity contribution in [3.8, 4) is 0 Å². The monoisotopic (exact) mass is 381 g/mol. The quantitative estimate of drug-likeness (QED) is 0.661. The minimum Gasteiger partial charge on any atom is -0.350 e. The minimum atomic E-state index is -0.636. The van der Waals surface area contributed by atoms with Gasteiger partial charge in [0.2, 0.25) is 5.91 Å². The Bertz CT molecular complexity index is 901. The highest BCUT2D eigenvalue weighted by Gasteiger charge is 2.22. The minimum absolute atomic E-state index is 0.192. The molecule has 27 heavy (non-hydrogen) atoms. The van der Waals surface area contributed by atoms with Crippen LogP contribution < -0.4 is 10.6 Å². The molecule has 5 nitrogen and oxygen atoms in total. The van der Waals surface area contributed by atoms with E-state index in [4.69, 9.17) is 0 Å². The van der Waals surface area contributed by atoms with Crippen LogP contribution in [0, 0.1) is 6.92 Å². The molecule has 1 aromatic carbocycles. The summed E-state index contributed by atoms with van der Waals surface area (Å²) in [6.45, 7) is 2.44. The maximum atomic E-state index is 12.8. The second kappa shape index (κ2) is 8.68. The van der Waals surface area contributed by atoms with E-state index >= 15 is 0 Å². The van der Waals surface area contributed by atoms with Crippen molar-refractivity contribution in [3.63, 3.8) is 0 Å². The smallest absolute Gasteiger partial charge is 0.262 e. The van der Waals surface area contributed by atoms with Gasteiger partial charge in [-0.25, -0.2) is 0 Å². The number of benzene rings is 1. The van der Waals surface area contributed by atoms with Crippen LogP contribution >= 0.6 is 11.3 Å². The van der Waals surface area contributed by atoms with Gasteiger partial charge >= 0.3 is 0 Å². The van der Waals surface area contributed by atoms with Gasteiger partial charge in [-0.15, -0.1) is 11.3 Å². The number of hydrogen-bond donors (Lipinski definition) is 2. The van der Waals surface area contributed by atoms with E-state index in [1.807, 2.05) is 72.4 Å². The van der Waals surface area contributed by atoms with Gasteiger partial charge in [0.1, 0.15) is 6.04 Å². The van der Waals surface area contributed by atoms with Crippen molar-refractivity contribution < 1.29 is 9.59 Å². The third-order valence-corrected chi connectivity index (χ3v) is 5.44. The van der Waals surface area contributed by atoms with Crippen LogP contribution in [0.25, 0.3) is 0 Å². The Hall–Kier alpha value is -2.86. The fourth-order valence-electron chi connectivity index (χ4n) is 2.84. The number of aromatic nitrogens is 1. The van der Waals surface area contributed by atoms with E-state index in [1.165, 1.54) is 11.3 Å². The molecule has 1 atom stereocenters. The van der Waals surface area contributed by atoms with Gasteiger partial charge in [-0.2, -0.15) is 0 Å². The van der Waals surface area contributed by atoms with Crippen molar-refractivity contribution in [1.29, 1.82) is 0 Å². The zero-order chi connectivity index (χ0) is 19.2. The largest absolute Gasteiger partial charge is 0.350 e. The Morgan fingerprint density at radius 1 is 1.07 bits per heavy atom. The summed E-state index contributed by atoms with van der Waals surface area (Å²) in [4.78, 5) is 25.9. The van der Waals surface area contributed by atoms with E-state index in [0.717, 1.165) is 17.0 Å². The number of carbonyl (C=O) groups excluding carboxylic acids is 2. The number of rotatable bonds is 7. The predicted octanol–water partition coefficient (Wildman–Crippen LogP) is 3.05. The van der Waals surface area contributed by atoms with Gasteiger partial charge in [-0.05, 0) is 36.1 Å². The van der Waals surface area contributed by atoms with Gasteiger partial charge in [-0.1, -0.05) is 36.4 Å². The molecular formula is C21H23N3O2S. The fraction of sp³-hybridized carbons (Fsp3) is 0.238. The van der Waals surface area contributed by atoms with Crippen molar-refractivity contribution in [1.82, 2.24) is 15.2 Å². The summed E-state index contributed by atoms with van der Waals surface area (Å²) in [6.07, 6.45) is 0.440. The molecule has 0 spiro atoms. The molecule has 2 aromatic heterocycles. The summed E-state index contributed by atoms with van der Waals surface area (Å²) in [5, 5.41) is 7.68. The summed E-state index contributed by atoms with van der Waals surface area (Å²) in [6, 6.07) is 16.7. The summed E-state index contributed by atoms with van der Waals surface area (Å²) in [5.41, 5.74) is 3.15. The molecule has 0 unspecified atom stereocenters. The van der Waals surface area contributed by atoms with E-state index in [0.29, 0.717) is 17.8 Å². The summed E-state index contributed by atoms with van der Waals surface area (Å²) < 4.78 is 2.04. The lowest BCUT2D eigenvalue weighted by molar-refractivity contribution is -0.123. The van der Waals surface area contributed by atoms with Crippen LogP contribution in [-0.2, 0) is 24.8 Å². The van der Waals surface area contributed by atoms with Crippen LogP contribution in [0.5, 0.6) is 0 Å². The van der Waals surface area contributed by atoms with Crippen LogP contribution in [0.2, 0.25) is 0 Å². The molecule has 0 aliphatic rings. The average molecular weight is 382 g/mol. The van der Waals surface area contributed by atoms with Crippen molar-refractivity contribution in [2.24, 2.45) is 7.05 Å². The first-order valence-electron chi connectivity index (χ1n) is 8.82. The highest BCUT2D eigenvalue weighted by molar-refractivity contribution is 7.12. The van der Waals surface area contributed by atoms with E-state index in [1.54, 1.807) is 6.07 Å². The van der Waals surface area contributed by atoms with Crippen molar-refractivity contribution in [3.05, 3.63) is 81.8 Å². The summed E-state index contributed by atoms with van der Waals surface area (Å²) in [5.74, 6) is -0.418. The summed E-state index contributed by atoms with van der Waals surface area (Å²) in [7, 11) is 1.97. The molecule has 0 bridgehead atoms. The van der Waals surface area contributed by atoms with Crippen molar-refractivity contribution in [2.45, 2.75) is 25.9 Å². The highest BCUT2D eigenvalue weighted by atomic mass is 32.1. The van der Waals surface area contributed by atoms with Gasteiger partial charge in [0, 0.05) is 24.9 Å². The molecule has 3 aromatic rings. The van der Waals surface area contributed by atoms with E-state index in [9.17, 15) is 9.59 Å². The van der Waals surface area contributed by atoms with E-state index < -0.39 is 6.04 Å². The maximum Gasteiger partial charge on any atom is 0.262 e. The number of thiophene rings is 1. The summed E-state index contributed by atoms with van der Waals surface area (Å²) >= 11 is 1.36. The first-order valence-corrected chi connectivity index (χ1v) is 9.70. The number of nitrogens with zero attached hydrogens (tertiary/aromatic N) is 1. The standard InChI is InChI=1S/C21H23N3O2S/c1-15-10-11-17(24(15)2)14-22-20(25)18(13-16-7-4-3-5-8-16)23-21(26)19-9-6-12-27-19/h3-12,18H,13-14H2,1-2H3,(H,22,25)(H,23,26)/t18-/m1/s1. The number of aryl methyl sites for hydroxylation is 1. The lowest BCUT2D eigenvalue weighted by atomic mass is 10.1. The molecule has 2 heterocycles. The molecule has 6 heteroatoms. The van der Waals surface area contributed by atoms with Crippen molar-refractivity contribution >= 4 is 23.2 Å². The topological polar surface area (TPSA) is 63.1 Å². The SMILES string of the molecule is Cc1ccc(CNC(=O)[C@@H](Cc2ccccc2)NC(=O)c2cccs2)n1C. The number of hydrogen-bond acceptors (Lipinski definition) is 3. The van der Waals surface area contributed by atoms with Crippen LogP contribution in [0.1, 0.15) is 26.6 Å². The van der Waals surface area contributed by atoms with Gasteiger partial charge in [0.25, 0.3) is 5.91 Å². The van der Waals surface area contributed by atoms with Crippen LogP contribution in [-0.4, -0.2) is 22.4 Å². The second-order valence-electron chi connectivity index (χ2n) is 6.44. The molecule has 0 fully saturated rings. The first kappa shape index (κ1) is 18.9. The zero-order valence-corrected chi connectivity index (χ0v) is 16.3. The predicted molar refractivity (Wildman–Crippen MR) is 108 cm³/mol. The maximum absolute atomic E-state index is 12.8. The zero-order valence-electron chi connectivity index (χ0n) is 15.4. The Labute approximate surface area is 163 Å². The third-order valence-electron chi connectivity index (χ3n) is 4.57. The normalized spacial score (nSPS) is 11.8. The Kier molecular flexibility index (Phi) is 6.08. The molecule has 0 aliphatic carbocycles. The van der Waals surface area contributed by atoms with E-state index in [2.05, 4.69) is 10.6 Å². The van der Waals surface area contributed by atoms with E-state index in [-0.39, 0.29) is 11.8 Å². The van der Waals surface area contributed by atoms with Crippen LogP contribution in [0.4, 0.5) is 0 Å².